The van der Waals surface area contributed by atoms with Crippen molar-refractivity contribution < 1.29 is 20.1 Å². The van der Waals surface area contributed by atoms with Gasteiger partial charge in [0.15, 0.2) is 11.8 Å². The number of rotatable bonds is 2. The Hall–Kier alpha value is -1.98. The predicted octanol–water partition coefficient (Wildman–Crippen LogP) is -0.954. The Kier molecular flexibility index (Phi) is 2.96. The van der Waals surface area contributed by atoms with Crippen LogP contribution in [0, 0.1) is 12.3 Å². The van der Waals surface area contributed by atoms with Crippen LogP contribution in [0.2, 0.25) is 0 Å². The van der Waals surface area contributed by atoms with E-state index in [0.29, 0.717) is 11.0 Å². The molecule has 20 heavy (non-hydrogen) atoms. The number of aliphatic hydroxyl groups excluding tert-OH is 2. The van der Waals surface area contributed by atoms with Crippen LogP contribution in [0.25, 0.3) is 11.0 Å². The van der Waals surface area contributed by atoms with E-state index in [1.165, 1.54) is 4.68 Å². The number of hydrogen-bond donors (Lipinski definition) is 3. The minimum atomic E-state index is -1.97. The van der Waals surface area contributed by atoms with Gasteiger partial charge in [-0.25, -0.2) is 4.68 Å². The third-order valence-corrected chi connectivity index (χ3v) is 3.53. The van der Waals surface area contributed by atoms with E-state index in [-0.39, 0.29) is 0 Å². The molecule has 1 aliphatic heterocycles. The van der Waals surface area contributed by atoms with E-state index in [1.807, 2.05) is 6.07 Å². The summed E-state index contributed by atoms with van der Waals surface area (Å²) in [6.45, 7) is -0.513. The molecule has 3 rings (SSSR count). The van der Waals surface area contributed by atoms with E-state index >= 15 is 0 Å². The second-order valence-corrected chi connectivity index (χ2v) is 4.64. The molecule has 1 saturated heterocycles. The molecule has 3 N–H and O–H groups in total. The van der Waals surface area contributed by atoms with Gasteiger partial charge in [0.25, 0.3) is 0 Å². The van der Waals surface area contributed by atoms with Gasteiger partial charge in [0, 0.05) is 0 Å². The van der Waals surface area contributed by atoms with Crippen LogP contribution in [0.1, 0.15) is 6.23 Å². The zero-order chi connectivity index (χ0) is 14.3. The van der Waals surface area contributed by atoms with Gasteiger partial charge in [-0.1, -0.05) is 23.3 Å². The number of fused-ring (bicyclic) bond motifs is 1. The van der Waals surface area contributed by atoms with Crippen LogP contribution in [0.15, 0.2) is 24.3 Å². The van der Waals surface area contributed by atoms with Crippen molar-refractivity contribution in [1.82, 2.24) is 15.0 Å². The molecule has 4 atom stereocenters. The third-order valence-electron chi connectivity index (χ3n) is 3.53. The summed E-state index contributed by atoms with van der Waals surface area (Å²) in [4.78, 5) is 0. The van der Waals surface area contributed by atoms with Crippen molar-refractivity contribution in [2.75, 3.05) is 6.61 Å². The highest BCUT2D eigenvalue weighted by molar-refractivity contribution is 5.74. The molecule has 1 aliphatic rings. The van der Waals surface area contributed by atoms with Crippen LogP contribution in [0.5, 0.6) is 0 Å². The van der Waals surface area contributed by atoms with Gasteiger partial charge in [-0.2, -0.15) is 0 Å². The second-order valence-electron chi connectivity index (χ2n) is 4.64. The maximum absolute atomic E-state index is 10.2. The Morgan fingerprint density at radius 1 is 1.45 bits per heavy atom. The van der Waals surface area contributed by atoms with Gasteiger partial charge in [-0.05, 0) is 12.1 Å². The van der Waals surface area contributed by atoms with Crippen molar-refractivity contribution in [1.29, 1.82) is 0 Å². The fourth-order valence-electron chi connectivity index (χ4n) is 2.38. The zero-order valence-electron chi connectivity index (χ0n) is 10.4. The molecule has 0 bridgehead atoms. The summed E-state index contributed by atoms with van der Waals surface area (Å²) >= 11 is 0. The fraction of sp³-hybridized carbons (Fsp3) is 0.385. The highest BCUT2D eigenvalue weighted by Gasteiger charge is 2.55. The highest BCUT2D eigenvalue weighted by Crippen LogP contribution is 2.37. The first kappa shape index (κ1) is 13.0. The van der Waals surface area contributed by atoms with Crippen molar-refractivity contribution in [3.63, 3.8) is 0 Å². The first-order valence-corrected chi connectivity index (χ1v) is 6.06. The van der Waals surface area contributed by atoms with Crippen LogP contribution in [0.4, 0.5) is 0 Å². The largest absolute Gasteiger partial charge is 0.394 e. The Labute approximate surface area is 114 Å². The molecule has 0 saturated carbocycles. The molecule has 0 spiro atoms. The molecule has 0 radical (unpaired) electrons. The predicted molar refractivity (Wildman–Crippen MR) is 68.3 cm³/mol. The lowest BCUT2D eigenvalue weighted by atomic mass is 9.93. The van der Waals surface area contributed by atoms with Gasteiger partial charge >= 0.3 is 0 Å². The smallest absolute Gasteiger partial charge is 0.184 e. The third kappa shape index (κ3) is 1.63. The maximum atomic E-state index is 10.2. The Morgan fingerprint density at radius 3 is 2.85 bits per heavy atom. The van der Waals surface area contributed by atoms with Crippen LogP contribution >= 0.6 is 0 Å². The molecular formula is C13H13N3O4. The average Bonchev–Trinajstić information content (AvgIpc) is 3.00. The molecule has 0 unspecified atom stereocenters. The molecule has 1 aromatic carbocycles. The minimum absolute atomic E-state index is 0.513. The van der Waals surface area contributed by atoms with E-state index in [9.17, 15) is 15.3 Å². The molecule has 104 valence electrons. The van der Waals surface area contributed by atoms with E-state index < -0.39 is 30.6 Å². The first-order valence-electron chi connectivity index (χ1n) is 6.06. The summed E-state index contributed by atoms with van der Waals surface area (Å²) in [6, 6.07) is 7.12. The SMILES string of the molecule is C#C[C@]1(O)[C@H](CO)O[C@H](n2nnc3ccccc32)[C@H]1O. The molecule has 1 aromatic heterocycles. The lowest BCUT2D eigenvalue weighted by Gasteiger charge is -2.23. The summed E-state index contributed by atoms with van der Waals surface area (Å²) < 4.78 is 6.80. The van der Waals surface area contributed by atoms with E-state index in [0.717, 1.165) is 0 Å². The number of aromatic nitrogens is 3. The van der Waals surface area contributed by atoms with E-state index in [4.69, 9.17) is 11.2 Å². The number of nitrogens with zero attached hydrogens (tertiary/aromatic N) is 3. The Balaban J connectivity index is 2.06. The fourth-order valence-corrected chi connectivity index (χ4v) is 2.38. The van der Waals surface area contributed by atoms with Crippen LogP contribution in [0.3, 0.4) is 0 Å². The lowest BCUT2D eigenvalue weighted by molar-refractivity contribution is -0.0636. The van der Waals surface area contributed by atoms with Crippen molar-refractivity contribution >= 4 is 11.0 Å². The van der Waals surface area contributed by atoms with Crippen LogP contribution in [-0.4, -0.2) is 54.7 Å². The molecular weight excluding hydrogens is 262 g/mol. The van der Waals surface area contributed by atoms with Crippen molar-refractivity contribution in [3.8, 4) is 12.3 Å². The minimum Gasteiger partial charge on any atom is -0.394 e. The maximum Gasteiger partial charge on any atom is 0.184 e. The monoisotopic (exact) mass is 275 g/mol. The van der Waals surface area contributed by atoms with Crippen LogP contribution in [-0.2, 0) is 4.74 Å². The van der Waals surface area contributed by atoms with E-state index in [2.05, 4.69) is 16.2 Å². The molecule has 2 heterocycles. The number of hydrogen-bond acceptors (Lipinski definition) is 6. The van der Waals surface area contributed by atoms with Gasteiger partial charge in [-0.15, -0.1) is 11.5 Å². The standard InChI is InChI=1S/C13H13N3O4/c1-2-13(19)10(7-17)20-12(11(13)18)16-9-6-4-3-5-8(9)14-15-16/h1,3-6,10-12,17-19H,7H2/t10-,11+,12-,13-/m0/s1. The summed E-state index contributed by atoms with van der Waals surface area (Å²) in [5.74, 6) is 2.09. The zero-order valence-corrected chi connectivity index (χ0v) is 10.4. The Bertz CT molecular complexity index is 680. The van der Waals surface area contributed by atoms with Gasteiger partial charge in [0.2, 0.25) is 0 Å². The summed E-state index contributed by atoms with van der Waals surface area (Å²) in [5, 5.41) is 37.6. The lowest BCUT2D eigenvalue weighted by Crippen LogP contribution is -2.47. The van der Waals surface area contributed by atoms with Crippen LogP contribution < -0.4 is 0 Å². The summed E-state index contributed by atoms with van der Waals surface area (Å²) in [7, 11) is 0. The van der Waals surface area contributed by atoms with Gasteiger partial charge in [0.05, 0.1) is 12.1 Å². The number of benzene rings is 1. The number of para-hydroxylation sites is 1. The summed E-state index contributed by atoms with van der Waals surface area (Å²) in [5.41, 5.74) is -0.707. The molecule has 7 heteroatoms. The summed E-state index contributed by atoms with van der Waals surface area (Å²) in [6.07, 6.45) is 1.73. The normalized spacial score (nSPS) is 33.4. The molecule has 0 amide bonds. The molecule has 7 nitrogen and oxygen atoms in total. The topological polar surface area (TPSA) is 101 Å². The van der Waals surface area contributed by atoms with Crippen molar-refractivity contribution in [2.45, 2.75) is 24.0 Å². The van der Waals surface area contributed by atoms with Gasteiger partial charge in [-0.3, -0.25) is 0 Å². The first-order chi connectivity index (χ1) is 9.61. The van der Waals surface area contributed by atoms with Crippen molar-refractivity contribution in [2.24, 2.45) is 0 Å². The number of aliphatic hydroxyl groups is 3. The molecule has 2 aromatic rings. The average molecular weight is 275 g/mol. The quantitative estimate of drug-likeness (QED) is 0.611. The highest BCUT2D eigenvalue weighted by atomic mass is 16.6. The second kappa shape index (κ2) is 4.54. The van der Waals surface area contributed by atoms with Gasteiger partial charge in [0.1, 0.15) is 17.7 Å². The van der Waals surface area contributed by atoms with Crippen molar-refractivity contribution in [3.05, 3.63) is 24.3 Å². The molecule has 1 fully saturated rings. The van der Waals surface area contributed by atoms with E-state index in [1.54, 1.807) is 18.2 Å². The number of terminal acetylenes is 1. The molecule has 0 aliphatic carbocycles. The Morgan fingerprint density at radius 2 is 2.20 bits per heavy atom. The van der Waals surface area contributed by atoms with Gasteiger partial charge < -0.3 is 20.1 Å². The number of ether oxygens (including phenoxy) is 1.